The molecule has 1 aliphatic rings. The lowest BCUT2D eigenvalue weighted by Crippen LogP contribution is -2.31. The van der Waals surface area contributed by atoms with Crippen molar-refractivity contribution in [1.82, 2.24) is 9.88 Å². The van der Waals surface area contributed by atoms with Gasteiger partial charge in [0.15, 0.2) is 0 Å². The van der Waals surface area contributed by atoms with E-state index in [0.717, 1.165) is 31.5 Å². The van der Waals surface area contributed by atoms with Gasteiger partial charge in [-0.1, -0.05) is 0 Å². The highest BCUT2D eigenvalue weighted by Gasteiger charge is 2.25. The van der Waals surface area contributed by atoms with Crippen molar-refractivity contribution in [2.24, 2.45) is 0 Å². The van der Waals surface area contributed by atoms with Crippen LogP contribution in [0.25, 0.3) is 0 Å². The predicted molar refractivity (Wildman–Crippen MR) is 71.6 cm³/mol. The SMILES string of the molecule is COc1cc([C@H](C)C(=O)N2CCCC2)cc(OC)n1. The van der Waals surface area contributed by atoms with E-state index in [1.54, 1.807) is 26.4 Å². The summed E-state index contributed by atoms with van der Waals surface area (Å²) in [7, 11) is 3.11. The number of ether oxygens (including phenoxy) is 2. The number of nitrogens with zero attached hydrogens (tertiary/aromatic N) is 2. The van der Waals surface area contributed by atoms with Crippen molar-refractivity contribution in [3.63, 3.8) is 0 Å². The fourth-order valence-electron chi connectivity index (χ4n) is 2.31. The topological polar surface area (TPSA) is 51.7 Å². The second kappa shape index (κ2) is 5.91. The predicted octanol–water partition coefficient (Wildman–Crippen LogP) is 1.82. The van der Waals surface area contributed by atoms with E-state index >= 15 is 0 Å². The molecule has 0 saturated carbocycles. The normalized spacial score (nSPS) is 16.3. The highest BCUT2D eigenvalue weighted by atomic mass is 16.5. The lowest BCUT2D eigenvalue weighted by Gasteiger charge is -2.21. The first-order chi connectivity index (χ1) is 9.15. The summed E-state index contributed by atoms with van der Waals surface area (Å²) in [5.74, 6) is 0.891. The minimum absolute atomic E-state index is 0.160. The fourth-order valence-corrected chi connectivity index (χ4v) is 2.31. The molecule has 1 aromatic rings. The van der Waals surface area contributed by atoms with E-state index in [0.29, 0.717) is 11.8 Å². The van der Waals surface area contributed by atoms with E-state index in [1.807, 2.05) is 11.8 Å². The highest BCUT2D eigenvalue weighted by molar-refractivity contribution is 5.83. The van der Waals surface area contributed by atoms with Gasteiger partial charge in [0.1, 0.15) is 0 Å². The van der Waals surface area contributed by atoms with Gasteiger partial charge in [-0.05, 0) is 25.3 Å². The Morgan fingerprint density at radius 3 is 2.21 bits per heavy atom. The van der Waals surface area contributed by atoms with Crippen molar-refractivity contribution < 1.29 is 14.3 Å². The van der Waals surface area contributed by atoms with Crippen LogP contribution >= 0.6 is 0 Å². The van der Waals surface area contributed by atoms with E-state index in [9.17, 15) is 4.79 Å². The van der Waals surface area contributed by atoms with Crippen molar-refractivity contribution >= 4 is 5.91 Å². The first-order valence-electron chi connectivity index (χ1n) is 6.54. The molecule has 1 saturated heterocycles. The Morgan fingerprint density at radius 1 is 1.21 bits per heavy atom. The molecule has 104 valence electrons. The molecule has 1 aromatic heterocycles. The monoisotopic (exact) mass is 264 g/mol. The van der Waals surface area contributed by atoms with Crippen LogP contribution in [0.4, 0.5) is 0 Å². The van der Waals surface area contributed by atoms with Crippen molar-refractivity contribution in [2.75, 3.05) is 27.3 Å². The summed E-state index contributed by atoms with van der Waals surface area (Å²) in [5.41, 5.74) is 0.876. The van der Waals surface area contributed by atoms with Gasteiger partial charge >= 0.3 is 0 Å². The van der Waals surface area contributed by atoms with Gasteiger partial charge in [-0.25, -0.2) is 0 Å². The zero-order valence-electron chi connectivity index (χ0n) is 11.7. The van der Waals surface area contributed by atoms with E-state index in [2.05, 4.69) is 4.98 Å². The summed E-state index contributed by atoms with van der Waals surface area (Å²) in [5, 5.41) is 0. The van der Waals surface area contributed by atoms with Crippen LogP contribution in [0, 0.1) is 0 Å². The molecule has 19 heavy (non-hydrogen) atoms. The molecule has 0 unspecified atom stereocenters. The maximum absolute atomic E-state index is 12.4. The Bertz CT molecular complexity index is 434. The van der Waals surface area contributed by atoms with Gasteiger partial charge in [0, 0.05) is 25.2 Å². The van der Waals surface area contributed by atoms with Gasteiger partial charge in [-0.3, -0.25) is 4.79 Å². The molecule has 0 spiro atoms. The van der Waals surface area contributed by atoms with Crippen molar-refractivity contribution in [3.05, 3.63) is 17.7 Å². The number of aromatic nitrogens is 1. The molecular formula is C14H20N2O3. The average Bonchev–Trinajstić information content (AvgIpc) is 2.99. The molecule has 0 bridgehead atoms. The minimum Gasteiger partial charge on any atom is -0.481 e. The molecule has 2 rings (SSSR count). The summed E-state index contributed by atoms with van der Waals surface area (Å²) < 4.78 is 10.3. The summed E-state index contributed by atoms with van der Waals surface area (Å²) in [6.45, 7) is 3.64. The molecule has 1 fully saturated rings. The summed E-state index contributed by atoms with van der Waals surface area (Å²) in [6, 6.07) is 3.59. The molecule has 1 atom stereocenters. The first kappa shape index (κ1) is 13.6. The van der Waals surface area contributed by atoms with E-state index in [4.69, 9.17) is 9.47 Å². The standard InChI is InChI=1S/C14H20N2O3/c1-10(14(17)16-6-4-5-7-16)11-8-12(18-2)15-13(9-11)19-3/h8-10H,4-7H2,1-3H3/t10-/m0/s1. The van der Waals surface area contributed by atoms with Crippen molar-refractivity contribution in [1.29, 1.82) is 0 Å². The summed E-state index contributed by atoms with van der Waals surface area (Å²) >= 11 is 0. The summed E-state index contributed by atoms with van der Waals surface area (Å²) in [6.07, 6.45) is 2.20. The number of methoxy groups -OCH3 is 2. The number of carbonyl (C=O) groups is 1. The molecule has 0 aliphatic carbocycles. The third-order valence-electron chi connectivity index (χ3n) is 3.51. The number of hydrogen-bond donors (Lipinski definition) is 0. The fraction of sp³-hybridized carbons (Fsp3) is 0.571. The number of rotatable bonds is 4. The zero-order valence-corrected chi connectivity index (χ0v) is 11.7. The maximum Gasteiger partial charge on any atom is 0.229 e. The van der Waals surface area contributed by atoms with Crippen LogP contribution in [0.3, 0.4) is 0 Å². The van der Waals surface area contributed by atoms with Gasteiger partial charge in [0.25, 0.3) is 0 Å². The number of carbonyl (C=O) groups excluding carboxylic acids is 1. The molecule has 1 amide bonds. The number of amides is 1. The van der Waals surface area contributed by atoms with Crippen LogP contribution in [-0.2, 0) is 4.79 Å². The van der Waals surface area contributed by atoms with Crippen LogP contribution in [0.1, 0.15) is 31.2 Å². The third kappa shape index (κ3) is 2.97. The Morgan fingerprint density at radius 2 is 1.74 bits per heavy atom. The average molecular weight is 264 g/mol. The van der Waals surface area contributed by atoms with E-state index < -0.39 is 0 Å². The second-order valence-corrected chi connectivity index (χ2v) is 4.74. The molecule has 0 aromatic carbocycles. The Kier molecular flexibility index (Phi) is 4.24. The molecular weight excluding hydrogens is 244 g/mol. The number of hydrogen-bond acceptors (Lipinski definition) is 4. The smallest absolute Gasteiger partial charge is 0.229 e. The van der Waals surface area contributed by atoms with Gasteiger partial charge in [-0.15, -0.1) is 0 Å². The number of likely N-dealkylation sites (tertiary alicyclic amines) is 1. The number of pyridine rings is 1. The second-order valence-electron chi connectivity index (χ2n) is 4.74. The third-order valence-corrected chi connectivity index (χ3v) is 3.51. The molecule has 0 radical (unpaired) electrons. The van der Waals surface area contributed by atoms with Gasteiger partial charge in [-0.2, -0.15) is 4.98 Å². The Balaban J connectivity index is 2.21. The van der Waals surface area contributed by atoms with Crippen LogP contribution in [0.5, 0.6) is 11.8 Å². The van der Waals surface area contributed by atoms with Crippen molar-refractivity contribution in [2.45, 2.75) is 25.7 Å². The Labute approximate surface area is 113 Å². The van der Waals surface area contributed by atoms with Crippen LogP contribution < -0.4 is 9.47 Å². The molecule has 5 nitrogen and oxygen atoms in total. The van der Waals surface area contributed by atoms with E-state index in [1.165, 1.54) is 0 Å². The van der Waals surface area contributed by atoms with Gasteiger partial charge in [0.2, 0.25) is 17.7 Å². The molecule has 0 N–H and O–H groups in total. The lowest BCUT2D eigenvalue weighted by molar-refractivity contribution is -0.131. The minimum atomic E-state index is -0.205. The molecule has 5 heteroatoms. The quantitative estimate of drug-likeness (QED) is 0.832. The lowest BCUT2D eigenvalue weighted by atomic mass is 10.0. The maximum atomic E-state index is 12.4. The van der Waals surface area contributed by atoms with Gasteiger partial charge in [0.05, 0.1) is 20.1 Å². The molecule has 2 heterocycles. The highest BCUT2D eigenvalue weighted by Crippen LogP contribution is 2.26. The van der Waals surface area contributed by atoms with Gasteiger partial charge < -0.3 is 14.4 Å². The van der Waals surface area contributed by atoms with Crippen LogP contribution in [-0.4, -0.2) is 43.1 Å². The first-order valence-corrected chi connectivity index (χ1v) is 6.54. The van der Waals surface area contributed by atoms with Crippen LogP contribution in [0.15, 0.2) is 12.1 Å². The van der Waals surface area contributed by atoms with Crippen molar-refractivity contribution in [3.8, 4) is 11.8 Å². The zero-order chi connectivity index (χ0) is 13.8. The molecule has 1 aliphatic heterocycles. The Hall–Kier alpha value is -1.78. The largest absolute Gasteiger partial charge is 0.481 e. The van der Waals surface area contributed by atoms with E-state index in [-0.39, 0.29) is 11.8 Å². The van der Waals surface area contributed by atoms with Crippen LogP contribution in [0.2, 0.25) is 0 Å². The summed E-state index contributed by atoms with van der Waals surface area (Å²) in [4.78, 5) is 18.4.